The summed E-state index contributed by atoms with van der Waals surface area (Å²) >= 11 is 0. The number of carbonyl (C=O) groups is 2. The summed E-state index contributed by atoms with van der Waals surface area (Å²) in [6.45, 7) is 6.21. The second-order valence-corrected chi connectivity index (χ2v) is 6.82. The summed E-state index contributed by atoms with van der Waals surface area (Å²) < 4.78 is 10.8. The number of nitrogens with one attached hydrogen (secondary N) is 2. The molecule has 0 aliphatic carbocycles. The van der Waals surface area contributed by atoms with Gasteiger partial charge in [0.25, 0.3) is 0 Å². The predicted octanol–water partition coefficient (Wildman–Crippen LogP) is 1.20. The van der Waals surface area contributed by atoms with Gasteiger partial charge in [0.2, 0.25) is 17.6 Å². The zero-order valence-electron chi connectivity index (χ0n) is 18.1. The van der Waals surface area contributed by atoms with Crippen LogP contribution >= 0.6 is 0 Å². The van der Waals surface area contributed by atoms with E-state index in [9.17, 15) is 9.59 Å². The third-order valence-electron chi connectivity index (χ3n) is 4.17. The zero-order valence-corrected chi connectivity index (χ0v) is 18.1. The van der Waals surface area contributed by atoms with Gasteiger partial charge in [-0.3, -0.25) is 9.59 Å². The third kappa shape index (κ3) is 10.1. The van der Waals surface area contributed by atoms with Crippen molar-refractivity contribution in [1.29, 1.82) is 0 Å². The molecule has 1 aromatic carbocycles. The fraction of sp³-hybridized carbons (Fsp3) is 0.524. The Morgan fingerprint density at radius 3 is 2.16 bits per heavy atom. The van der Waals surface area contributed by atoms with Gasteiger partial charge in [0, 0.05) is 31.5 Å². The number of ether oxygens (including phenoxy) is 2. The van der Waals surface area contributed by atoms with E-state index in [4.69, 9.17) is 9.47 Å². The molecule has 0 fully saturated rings. The van der Waals surface area contributed by atoms with Gasteiger partial charge < -0.3 is 20.1 Å². The lowest BCUT2D eigenvalue weighted by molar-refractivity contribution is -0.122. The van der Waals surface area contributed by atoms with Crippen LogP contribution in [0.4, 0.5) is 0 Å². The van der Waals surface area contributed by atoms with E-state index in [1.165, 1.54) is 0 Å². The summed E-state index contributed by atoms with van der Waals surface area (Å²) in [7, 11) is 0. The molecule has 1 aromatic heterocycles. The van der Waals surface area contributed by atoms with Crippen LogP contribution in [0.5, 0.6) is 0 Å². The van der Waals surface area contributed by atoms with Crippen LogP contribution in [0.2, 0.25) is 0 Å². The Morgan fingerprint density at radius 1 is 0.839 bits per heavy atom. The summed E-state index contributed by atoms with van der Waals surface area (Å²) in [5, 5.41) is 21.4. The molecule has 0 saturated carbocycles. The Labute approximate surface area is 182 Å². The van der Waals surface area contributed by atoms with Crippen molar-refractivity contribution in [2.24, 2.45) is 0 Å². The van der Waals surface area contributed by atoms with E-state index in [0.717, 1.165) is 17.5 Å². The highest BCUT2D eigenvalue weighted by atomic mass is 16.5. The van der Waals surface area contributed by atoms with Crippen molar-refractivity contribution < 1.29 is 19.1 Å². The van der Waals surface area contributed by atoms with Gasteiger partial charge >= 0.3 is 0 Å². The highest BCUT2D eigenvalue weighted by Gasteiger charge is 2.05. The summed E-state index contributed by atoms with van der Waals surface area (Å²) in [6, 6.07) is 7.54. The van der Waals surface area contributed by atoms with Crippen molar-refractivity contribution in [1.82, 2.24) is 31.0 Å². The van der Waals surface area contributed by atoms with Crippen LogP contribution in [-0.2, 0) is 25.6 Å². The van der Waals surface area contributed by atoms with Gasteiger partial charge in [-0.2, -0.15) is 0 Å². The first-order valence-electron chi connectivity index (χ1n) is 10.4. The average Bonchev–Trinajstić information content (AvgIpc) is 2.77. The topological polar surface area (TPSA) is 128 Å². The maximum Gasteiger partial charge on any atom is 0.222 e. The normalized spacial score (nSPS) is 10.6. The molecular formula is C21H30N6O4. The number of rotatable bonds is 14. The standard InChI is InChI=1S/C21H30N6O4/c1-3-4-19(28)22-10-12-31-14-13-30-11-9-20(29)23-15-17-5-7-18(8-6-17)21-26-24-16(2)25-27-21/h5-8H,3-4,9-15H2,1-2H3,(H,22,28)(H,23,29). The molecule has 2 amide bonds. The van der Waals surface area contributed by atoms with Crippen LogP contribution in [-0.4, -0.2) is 65.2 Å². The van der Waals surface area contributed by atoms with Crippen LogP contribution in [0.1, 0.15) is 37.6 Å². The highest BCUT2D eigenvalue weighted by molar-refractivity contribution is 5.76. The fourth-order valence-electron chi connectivity index (χ4n) is 2.52. The van der Waals surface area contributed by atoms with E-state index in [1.807, 2.05) is 31.2 Å². The van der Waals surface area contributed by atoms with Crippen molar-refractivity contribution >= 4 is 11.8 Å². The van der Waals surface area contributed by atoms with E-state index < -0.39 is 0 Å². The molecular weight excluding hydrogens is 400 g/mol. The Balaban J connectivity index is 1.51. The Morgan fingerprint density at radius 2 is 1.48 bits per heavy atom. The minimum Gasteiger partial charge on any atom is -0.379 e. The Hall–Kier alpha value is -2.98. The molecule has 2 aromatic rings. The number of hydrogen-bond donors (Lipinski definition) is 2. The summed E-state index contributed by atoms with van der Waals surface area (Å²) in [5.41, 5.74) is 1.78. The van der Waals surface area contributed by atoms with E-state index in [1.54, 1.807) is 6.92 Å². The Bertz CT molecular complexity index is 799. The first-order chi connectivity index (χ1) is 15.1. The van der Waals surface area contributed by atoms with E-state index in [-0.39, 0.29) is 18.2 Å². The zero-order chi connectivity index (χ0) is 22.3. The number of hydrogen-bond acceptors (Lipinski definition) is 8. The smallest absolute Gasteiger partial charge is 0.222 e. The molecule has 2 rings (SSSR count). The second-order valence-electron chi connectivity index (χ2n) is 6.82. The van der Waals surface area contributed by atoms with Crippen LogP contribution in [0, 0.1) is 6.92 Å². The van der Waals surface area contributed by atoms with Crippen LogP contribution in [0.25, 0.3) is 11.4 Å². The van der Waals surface area contributed by atoms with Crippen molar-refractivity contribution in [2.75, 3.05) is 33.0 Å². The maximum atomic E-state index is 11.9. The first-order valence-corrected chi connectivity index (χ1v) is 10.4. The molecule has 10 heteroatoms. The Kier molecular flexibility index (Phi) is 11.0. The van der Waals surface area contributed by atoms with E-state index in [2.05, 4.69) is 31.0 Å². The minimum atomic E-state index is -0.0844. The molecule has 31 heavy (non-hydrogen) atoms. The SMILES string of the molecule is CCCC(=O)NCCOCCOCCC(=O)NCc1ccc(-c2nnc(C)nn2)cc1. The van der Waals surface area contributed by atoms with Crippen LogP contribution in [0.15, 0.2) is 24.3 Å². The number of nitrogens with zero attached hydrogens (tertiary/aromatic N) is 4. The monoisotopic (exact) mass is 430 g/mol. The lowest BCUT2D eigenvalue weighted by Gasteiger charge is -2.08. The summed E-state index contributed by atoms with van der Waals surface area (Å²) in [6.07, 6.45) is 1.65. The van der Waals surface area contributed by atoms with E-state index >= 15 is 0 Å². The molecule has 0 aliphatic heterocycles. The number of carbonyl (C=O) groups excluding carboxylic acids is 2. The fourth-order valence-corrected chi connectivity index (χ4v) is 2.52. The van der Waals surface area contributed by atoms with Crippen molar-refractivity contribution in [3.8, 4) is 11.4 Å². The van der Waals surface area contributed by atoms with Gasteiger partial charge in [0.05, 0.1) is 26.4 Å². The number of aromatic nitrogens is 4. The predicted molar refractivity (Wildman–Crippen MR) is 114 cm³/mol. The van der Waals surface area contributed by atoms with Gasteiger partial charge in [-0.1, -0.05) is 31.2 Å². The molecule has 10 nitrogen and oxygen atoms in total. The first kappa shape index (κ1) is 24.3. The summed E-state index contributed by atoms with van der Waals surface area (Å²) in [5.74, 6) is 0.939. The quantitative estimate of drug-likeness (QED) is 0.428. The molecule has 0 spiro atoms. The van der Waals surface area contributed by atoms with Crippen LogP contribution < -0.4 is 10.6 Å². The molecule has 0 unspecified atom stereocenters. The molecule has 0 bridgehead atoms. The van der Waals surface area contributed by atoms with Crippen molar-refractivity contribution in [2.45, 2.75) is 39.7 Å². The van der Waals surface area contributed by atoms with Crippen molar-refractivity contribution in [3.63, 3.8) is 0 Å². The maximum absolute atomic E-state index is 11.9. The van der Waals surface area contributed by atoms with Crippen LogP contribution in [0.3, 0.4) is 0 Å². The van der Waals surface area contributed by atoms with Crippen molar-refractivity contribution in [3.05, 3.63) is 35.7 Å². The van der Waals surface area contributed by atoms with Gasteiger partial charge in [-0.25, -0.2) is 0 Å². The largest absolute Gasteiger partial charge is 0.379 e. The lowest BCUT2D eigenvalue weighted by atomic mass is 10.1. The van der Waals surface area contributed by atoms with E-state index in [0.29, 0.717) is 57.6 Å². The lowest BCUT2D eigenvalue weighted by Crippen LogP contribution is -2.27. The molecule has 0 atom stereocenters. The molecule has 1 heterocycles. The molecule has 0 radical (unpaired) electrons. The number of aryl methyl sites for hydroxylation is 1. The van der Waals surface area contributed by atoms with Gasteiger partial charge in [-0.15, -0.1) is 20.4 Å². The second kappa shape index (κ2) is 14.1. The molecule has 0 aliphatic rings. The minimum absolute atomic E-state index is 0.0409. The third-order valence-corrected chi connectivity index (χ3v) is 4.17. The molecule has 2 N–H and O–H groups in total. The number of amides is 2. The summed E-state index contributed by atoms with van der Waals surface area (Å²) in [4.78, 5) is 23.2. The molecule has 168 valence electrons. The van der Waals surface area contributed by atoms with Gasteiger partial charge in [0.15, 0.2) is 5.82 Å². The highest BCUT2D eigenvalue weighted by Crippen LogP contribution is 2.13. The van der Waals surface area contributed by atoms with Gasteiger partial charge in [0.1, 0.15) is 0 Å². The average molecular weight is 431 g/mol. The van der Waals surface area contributed by atoms with Gasteiger partial charge in [-0.05, 0) is 18.9 Å². The number of benzene rings is 1. The molecule has 0 saturated heterocycles.